The summed E-state index contributed by atoms with van der Waals surface area (Å²) < 4.78 is 31.9. The Bertz CT molecular complexity index is 1040. The number of hydrogen-bond acceptors (Lipinski definition) is 5. The van der Waals surface area contributed by atoms with Crippen LogP contribution in [0.5, 0.6) is 0 Å². The van der Waals surface area contributed by atoms with Gasteiger partial charge in [-0.25, -0.2) is 8.42 Å². The summed E-state index contributed by atoms with van der Waals surface area (Å²) in [4.78, 5) is 24.0. The zero-order valence-corrected chi connectivity index (χ0v) is 18.9. The van der Waals surface area contributed by atoms with Gasteiger partial charge >= 0.3 is 5.97 Å². The molecule has 0 heterocycles. The van der Waals surface area contributed by atoms with Gasteiger partial charge in [0.05, 0.1) is 21.0 Å². The average molecular weight is 473 g/mol. The van der Waals surface area contributed by atoms with Crippen molar-refractivity contribution >= 4 is 45.1 Å². The molecule has 162 valence electrons. The third-order valence-electron chi connectivity index (χ3n) is 4.26. The lowest BCUT2D eigenvalue weighted by Crippen LogP contribution is -2.41. The summed E-state index contributed by atoms with van der Waals surface area (Å²) in [5.74, 6) is -1.39. The molecule has 30 heavy (non-hydrogen) atoms. The molecule has 0 radical (unpaired) electrons. The van der Waals surface area contributed by atoms with E-state index in [4.69, 9.17) is 27.9 Å². The number of nitrogens with one attached hydrogen (secondary N) is 2. The van der Waals surface area contributed by atoms with Gasteiger partial charge in [0.25, 0.3) is 5.91 Å². The molecule has 2 atom stereocenters. The molecule has 0 aliphatic rings. The number of esters is 1. The fraction of sp³-hybridized carbons (Fsp3) is 0.300. The van der Waals surface area contributed by atoms with E-state index >= 15 is 0 Å². The van der Waals surface area contributed by atoms with Crippen LogP contribution in [0.25, 0.3) is 0 Å². The fourth-order valence-corrected chi connectivity index (χ4v) is 4.27. The van der Waals surface area contributed by atoms with Crippen molar-refractivity contribution in [1.29, 1.82) is 0 Å². The molecule has 0 saturated carbocycles. The SMILES string of the molecule is Cc1ccccc1C(C)NC(=O)COC(=O)[C@H](C)NS(=O)(=O)c1ccc(Cl)c(Cl)c1. The highest BCUT2D eigenvalue weighted by molar-refractivity contribution is 7.89. The van der Waals surface area contributed by atoms with E-state index < -0.39 is 34.5 Å². The predicted octanol–water partition coefficient (Wildman–Crippen LogP) is 3.39. The molecule has 1 unspecified atom stereocenters. The Morgan fingerprint density at radius 3 is 2.37 bits per heavy atom. The quantitative estimate of drug-likeness (QED) is 0.573. The standard InChI is InChI=1S/C20H22Cl2N2O5S/c1-12-6-4-5-7-16(12)13(2)23-19(25)11-29-20(26)14(3)24-30(27,28)15-8-9-17(21)18(22)10-15/h4-10,13-14,24H,11H2,1-3H3,(H,23,25)/t13?,14-/m0/s1. The van der Waals surface area contributed by atoms with E-state index in [1.807, 2.05) is 38.1 Å². The van der Waals surface area contributed by atoms with E-state index in [9.17, 15) is 18.0 Å². The third-order valence-corrected chi connectivity index (χ3v) is 6.54. The highest BCUT2D eigenvalue weighted by Crippen LogP contribution is 2.24. The van der Waals surface area contributed by atoms with Crippen LogP contribution in [0.3, 0.4) is 0 Å². The van der Waals surface area contributed by atoms with Gasteiger partial charge < -0.3 is 10.1 Å². The number of halogens is 2. The van der Waals surface area contributed by atoms with E-state index in [2.05, 4.69) is 10.0 Å². The van der Waals surface area contributed by atoms with Crippen molar-refractivity contribution in [2.24, 2.45) is 0 Å². The number of carbonyl (C=O) groups excluding carboxylic acids is 2. The molecule has 0 aliphatic heterocycles. The fourth-order valence-electron chi connectivity index (χ4n) is 2.69. The first kappa shape index (κ1) is 24.1. The van der Waals surface area contributed by atoms with Gasteiger partial charge in [0, 0.05) is 0 Å². The monoisotopic (exact) mass is 472 g/mol. The van der Waals surface area contributed by atoms with Crippen molar-refractivity contribution in [3.05, 3.63) is 63.6 Å². The van der Waals surface area contributed by atoms with E-state index in [1.165, 1.54) is 25.1 Å². The lowest BCUT2D eigenvalue weighted by molar-refractivity contribution is -0.149. The number of carbonyl (C=O) groups is 2. The summed E-state index contributed by atoms with van der Waals surface area (Å²) in [5, 5.41) is 3.00. The minimum atomic E-state index is -4.04. The van der Waals surface area contributed by atoms with Gasteiger partial charge in [-0.15, -0.1) is 0 Å². The Balaban J connectivity index is 1.90. The normalized spacial score (nSPS) is 13.4. The van der Waals surface area contributed by atoms with E-state index in [0.29, 0.717) is 0 Å². The second-order valence-corrected chi connectivity index (χ2v) is 9.20. The lowest BCUT2D eigenvalue weighted by atomic mass is 10.0. The van der Waals surface area contributed by atoms with Crippen LogP contribution < -0.4 is 10.0 Å². The maximum absolute atomic E-state index is 12.4. The van der Waals surface area contributed by atoms with Crippen LogP contribution in [0.1, 0.15) is 31.0 Å². The molecule has 1 amide bonds. The number of rotatable bonds is 8. The van der Waals surface area contributed by atoms with Crippen molar-refractivity contribution in [1.82, 2.24) is 10.0 Å². The minimum Gasteiger partial charge on any atom is -0.454 e. The molecule has 0 bridgehead atoms. The van der Waals surface area contributed by atoms with Gasteiger partial charge in [-0.3, -0.25) is 9.59 Å². The van der Waals surface area contributed by atoms with Crippen LogP contribution >= 0.6 is 23.2 Å². The maximum atomic E-state index is 12.4. The molecule has 10 heteroatoms. The number of hydrogen-bond donors (Lipinski definition) is 2. The Morgan fingerprint density at radius 1 is 1.07 bits per heavy atom. The number of ether oxygens (including phenoxy) is 1. The van der Waals surface area contributed by atoms with Gasteiger partial charge in [-0.2, -0.15) is 4.72 Å². The van der Waals surface area contributed by atoms with Crippen LogP contribution in [0.15, 0.2) is 47.4 Å². The van der Waals surface area contributed by atoms with Crippen LogP contribution in [-0.2, 0) is 24.3 Å². The molecule has 2 N–H and O–H groups in total. The van der Waals surface area contributed by atoms with Crippen LogP contribution in [0, 0.1) is 6.92 Å². The van der Waals surface area contributed by atoms with Crippen LogP contribution in [0.2, 0.25) is 10.0 Å². The Morgan fingerprint density at radius 2 is 1.73 bits per heavy atom. The minimum absolute atomic E-state index is 0.0641. The molecular weight excluding hydrogens is 451 g/mol. The highest BCUT2D eigenvalue weighted by atomic mass is 35.5. The molecule has 2 aromatic rings. The Kier molecular flexibility index (Phi) is 8.25. The van der Waals surface area contributed by atoms with Crippen molar-refractivity contribution < 1.29 is 22.7 Å². The number of sulfonamides is 1. The predicted molar refractivity (Wildman–Crippen MR) is 115 cm³/mol. The first-order valence-corrected chi connectivity index (χ1v) is 11.2. The molecule has 0 fully saturated rings. The molecule has 0 spiro atoms. The molecule has 2 aromatic carbocycles. The average Bonchev–Trinajstić information content (AvgIpc) is 2.67. The molecular formula is C20H22Cl2N2O5S. The number of benzene rings is 2. The lowest BCUT2D eigenvalue weighted by Gasteiger charge is -2.17. The van der Waals surface area contributed by atoms with Crippen LogP contribution in [-0.4, -0.2) is 32.9 Å². The summed E-state index contributed by atoms with van der Waals surface area (Å²) in [6, 6.07) is 9.86. The molecule has 2 rings (SSSR count). The second-order valence-electron chi connectivity index (χ2n) is 6.67. The number of amides is 1. The third kappa shape index (κ3) is 6.43. The Hall–Kier alpha value is -2.13. The van der Waals surface area contributed by atoms with Gasteiger partial charge in [-0.05, 0) is 50.1 Å². The van der Waals surface area contributed by atoms with E-state index in [1.54, 1.807) is 0 Å². The maximum Gasteiger partial charge on any atom is 0.324 e. The smallest absolute Gasteiger partial charge is 0.324 e. The summed E-state index contributed by atoms with van der Waals surface area (Å²) in [7, 11) is -4.04. The first-order chi connectivity index (χ1) is 14.0. The summed E-state index contributed by atoms with van der Waals surface area (Å²) in [5.41, 5.74) is 1.97. The molecule has 7 nitrogen and oxygen atoms in total. The largest absolute Gasteiger partial charge is 0.454 e. The first-order valence-electron chi connectivity index (χ1n) is 9.00. The van der Waals surface area contributed by atoms with Gasteiger partial charge in [-0.1, -0.05) is 47.5 Å². The van der Waals surface area contributed by atoms with E-state index in [-0.39, 0.29) is 21.0 Å². The summed E-state index contributed by atoms with van der Waals surface area (Å²) >= 11 is 11.6. The zero-order chi connectivity index (χ0) is 22.5. The van der Waals surface area contributed by atoms with E-state index in [0.717, 1.165) is 11.1 Å². The van der Waals surface area contributed by atoms with Gasteiger partial charge in [0.1, 0.15) is 6.04 Å². The molecule has 0 saturated heterocycles. The van der Waals surface area contributed by atoms with Crippen molar-refractivity contribution in [3.63, 3.8) is 0 Å². The van der Waals surface area contributed by atoms with Gasteiger partial charge in [0.2, 0.25) is 10.0 Å². The summed E-state index contributed by atoms with van der Waals surface area (Å²) in [6.07, 6.45) is 0. The van der Waals surface area contributed by atoms with Crippen molar-refractivity contribution in [2.75, 3.05) is 6.61 Å². The molecule has 0 aromatic heterocycles. The Labute approximate surface area is 185 Å². The molecule has 0 aliphatic carbocycles. The number of aryl methyl sites for hydroxylation is 1. The zero-order valence-electron chi connectivity index (χ0n) is 16.6. The summed E-state index contributed by atoms with van der Waals surface area (Å²) in [6.45, 7) is 4.52. The second kappa shape index (κ2) is 10.3. The van der Waals surface area contributed by atoms with Crippen molar-refractivity contribution in [2.45, 2.75) is 37.8 Å². The highest BCUT2D eigenvalue weighted by Gasteiger charge is 2.24. The van der Waals surface area contributed by atoms with Crippen molar-refractivity contribution in [3.8, 4) is 0 Å². The topological polar surface area (TPSA) is 102 Å². The van der Waals surface area contributed by atoms with Crippen LogP contribution in [0.4, 0.5) is 0 Å². The van der Waals surface area contributed by atoms with Gasteiger partial charge in [0.15, 0.2) is 6.61 Å².